The molecule has 0 spiro atoms. The maximum atomic E-state index is 11.5. The Morgan fingerprint density at radius 1 is 1.09 bits per heavy atom. The van der Waals surface area contributed by atoms with E-state index < -0.39 is 5.97 Å². The predicted molar refractivity (Wildman–Crippen MR) is 101 cm³/mol. The molecule has 4 nitrogen and oxygen atoms in total. The largest absolute Gasteiger partial charge is 0.477 e. The molecule has 2 aromatic rings. The number of nitrogens with one attached hydrogen (secondary N) is 1. The number of carboxylic acid groups (broad SMARTS) is 1. The molecule has 1 fully saturated rings. The summed E-state index contributed by atoms with van der Waals surface area (Å²) in [5.41, 5.74) is 0. The van der Waals surface area contributed by atoms with Crippen molar-refractivity contribution < 1.29 is 14.7 Å². The fourth-order valence-electron chi connectivity index (χ4n) is 1.62. The van der Waals surface area contributed by atoms with Crippen LogP contribution in [0.1, 0.15) is 41.9 Å². The third kappa shape index (κ3) is 5.41. The van der Waals surface area contributed by atoms with Crippen LogP contribution in [0.3, 0.4) is 0 Å². The molecular weight excluding hydrogens is 466 g/mol. The molecule has 2 heterocycles. The van der Waals surface area contributed by atoms with Crippen molar-refractivity contribution in [1.29, 1.82) is 0 Å². The first-order valence-electron chi connectivity index (χ1n) is 6.84. The van der Waals surface area contributed by atoms with Crippen LogP contribution in [-0.4, -0.2) is 23.0 Å². The average molecular weight is 481 g/mol. The molecular formula is C15H15Br2NO3S2. The van der Waals surface area contributed by atoms with E-state index in [0.29, 0.717) is 10.9 Å². The van der Waals surface area contributed by atoms with Crippen LogP contribution in [0.2, 0.25) is 0 Å². The van der Waals surface area contributed by atoms with Gasteiger partial charge in [0.2, 0.25) is 0 Å². The van der Waals surface area contributed by atoms with Crippen molar-refractivity contribution in [2.75, 3.05) is 0 Å². The van der Waals surface area contributed by atoms with Gasteiger partial charge in [0.25, 0.3) is 5.91 Å². The Bertz CT molecular complexity index is 696. The molecule has 1 saturated carbocycles. The molecule has 1 aliphatic rings. The van der Waals surface area contributed by atoms with Crippen LogP contribution < -0.4 is 5.32 Å². The first-order chi connectivity index (χ1) is 10.8. The van der Waals surface area contributed by atoms with Crippen LogP contribution in [-0.2, 0) is 0 Å². The van der Waals surface area contributed by atoms with Gasteiger partial charge in [0, 0.05) is 24.7 Å². The van der Waals surface area contributed by atoms with E-state index >= 15 is 0 Å². The highest BCUT2D eigenvalue weighted by Gasteiger charge is 2.24. The fourth-order valence-corrected chi connectivity index (χ4v) is 4.43. The topological polar surface area (TPSA) is 66.4 Å². The molecule has 0 aliphatic heterocycles. The lowest BCUT2D eigenvalue weighted by atomic mass is 10.4. The van der Waals surface area contributed by atoms with Crippen molar-refractivity contribution >= 4 is 66.4 Å². The molecule has 0 atom stereocenters. The van der Waals surface area contributed by atoms with Gasteiger partial charge < -0.3 is 10.4 Å². The van der Waals surface area contributed by atoms with E-state index in [1.165, 1.54) is 22.7 Å². The molecule has 124 valence electrons. The number of aromatic carboxylic acids is 1. The number of amides is 1. The molecule has 23 heavy (non-hydrogen) atoms. The molecule has 2 aromatic heterocycles. The van der Waals surface area contributed by atoms with Crippen LogP contribution in [0.5, 0.6) is 0 Å². The average Bonchev–Trinajstić information content (AvgIpc) is 3.14. The van der Waals surface area contributed by atoms with E-state index in [0.717, 1.165) is 36.4 Å². The zero-order valence-corrected chi connectivity index (χ0v) is 17.3. The third-order valence-electron chi connectivity index (χ3n) is 3.06. The van der Waals surface area contributed by atoms with Crippen molar-refractivity contribution in [3.05, 3.63) is 40.6 Å². The summed E-state index contributed by atoms with van der Waals surface area (Å²) in [6.07, 6.45) is 2.27. The normalized spacial score (nSPS) is 13.2. The minimum absolute atomic E-state index is 0.0706. The van der Waals surface area contributed by atoms with Gasteiger partial charge in [-0.15, -0.1) is 22.7 Å². The minimum atomic E-state index is -0.862. The highest BCUT2D eigenvalue weighted by molar-refractivity contribution is 9.10. The molecule has 0 aromatic carbocycles. The predicted octanol–water partition coefficient (Wildman–Crippen LogP) is 5.23. The van der Waals surface area contributed by atoms with E-state index in [9.17, 15) is 9.59 Å². The molecule has 0 bridgehead atoms. The van der Waals surface area contributed by atoms with Crippen LogP contribution in [0.25, 0.3) is 0 Å². The summed E-state index contributed by atoms with van der Waals surface area (Å²) in [5.74, 6) is -0.792. The van der Waals surface area contributed by atoms with Crippen molar-refractivity contribution in [2.24, 2.45) is 0 Å². The highest BCUT2D eigenvalue weighted by Crippen LogP contribution is 2.27. The Kier molecular flexibility index (Phi) is 6.41. The van der Waals surface area contributed by atoms with Gasteiger partial charge in [-0.25, -0.2) is 4.79 Å². The SMILES string of the molecule is Cc1sc(C(=O)NC2CC2)cc1Br.Cc1sc(C(=O)O)cc1Br. The minimum Gasteiger partial charge on any atom is -0.477 e. The summed E-state index contributed by atoms with van der Waals surface area (Å²) < 4.78 is 1.90. The monoisotopic (exact) mass is 479 g/mol. The summed E-state index contributed by atoms with van der Waals surface area (Å²) in [5, 5.41) is 11.5. The smallest absolute Gasteiger partial charge is 0.345 e. The van der Waals surface area contributed by atoms with Crippen LogP contribution in [0, 0.1) is 13.8 Å². The Morgan fingerprint density at radius 2 is 1.57 bits per heavy atom. The number of carbonyl (C=O) groups is 2. The standard InChI is InChI=1S/C9H10BrNOS.C6H5BrO2S/c1-5-7(10)4-8(13-5)9(12)11-6-2-3-6;1-3-4(7)2-5(10-3)6(8)9/h4,6H,2-3H2,1H3,(H,11,12);2H,1H3,(H,8,9). The van der Waals surface area contributed by atoms with Gasteiger partial charge in [-0.2, -0.15) is 0 Å². The Balaban J connectivity index is 0.000000174. The number of halogens is 2. The summed E-state index contributed by atoms with van der Waals surface area (Å²) in [6.45, 7) is 3.88. The lowest BCUT2D eigenvalue weighted by Crippen LogP contribution is -2.24. The number of rotatable bonds is 3. The first-order valence-corrected chi connectivity index (χ1v) is 10.1. The molecule has 3 rings (SSSR count). The Hall–Kier alpha value is -0.700. The second kappa shape index (κ2) is 7.92. The van der Waals surface area contributed by atoms with E-state index in [1.54, 1.807) is 6.07 Å². The number of carboxylic acids is 1. The second-order valence-corrected chi connectivity index (χ2v) is 9.30. The van der Waals surface area contributed by atoms with E-state index in [2.05, 4.69) is 37.2 Å². The van der Waals surface area contributed by atoms with Crippen molar-refractivity contribution in [3.63, 3.8) is 0 Å². The maximum Gasteiger partial charge on any atom is 0.345 e. The van der Waals surface area contributed by atoms with E-state index in [1.807, 2.05) is 19.9 Å². The van der Waals surface area contributed by atoms with Crippen LogP contribution in [0.4, 0.5) is 0 Å². The first kappa shape index (κ1) is 18.6. The lowest BCUT2D eigenvalue weighted by molar-refractivity contribution is 0.0701. The van der Waals surface area contributed by atoms with Gasteiger partial charge in [0.05, 0.1) is 4.88 Å². The zero-order chi connectivity index (χ0) is 17.1. The second-order valence-electron chi connectivity index (χ2n) is 5.08. The van der Waals surface area contributed by atoms with E-state index in [-0.39, 0.29) is 5.91 Å². The molecule has 0 saturated heterocycles. The summed E-state index contributed by atoms with van der Waals surface area (Å²) >= 11 is 9.44. The molecule has 0 radical (unpaired) electrons. The number of aryl methyl sites for hydroxylation is 2. The quantitative estimate of drug-likeness (QED) is 0.632. The van der Waals surface area contributed by atoms with Gasteiger partial charge in [-0.1, -0.05) is 0 Å². The highest BCUT2D eigenvalue weighted by atomic mass is 79.9. The number of hydrogen-bond acceptors (Lipinski definition) is 4. The lowest BCUT2D eigenvalue weighted by Gasteiger charge is -1.98. The van der Waals surface area contributed by atoms with Gasteiger partial charge in [-0.3, -0.25) is 4.79 Å². The maximum absolute atomic E-state index is 11.5. The van der Waals surface area contributed by atoms with Crippen molar-refractivity contribution in [2.45, 2.75) is 32.7 Å². The number of carbonyl (C=O) groups excluding carboxylic acids is 1. The van der Waals surface area contributed by atoms with Crippen LogP contribution in [0.15, 0.2) is 21.1 Å². The summed E-state index contributed by atoms with van der Waals surface area (Å²) in [7, 11) is 0. The van der Waals surface area contributed by atoms with Crippen molar-refractivity contribution in [3.8, 4) is 0 Å². The van der Waals surface area contributed by atoms with E-state index in [4.69, 9.17) is 5.11 Å². The zero-order valence-electron chi connectivity index (χ0n) is 12.5. The van der Waals surface area contributed by atoms with Gasteiger partial charge in [0.15, 0.2) is 0 Å². The van der Waals surface area contributed by atoms with Gasteiger partial charge >= 0.3 is 5.97 Å². The number of hydrogen-bond donors (Lipinski definition) is 2. The van der Waals surface area contributed by atoms with Crippen molar-refractivity contribution in [1.82, 2.24) is 5.32 Å². The number of thiophene rings is 2. The fraction of sp³-hybridized carbons (Fsp3) is 0.333. The Morgan fingerprint density at radius 3 is 1.87 bits per heavy atom. The molecule has 0 unspecified atom stereocenters. The van der Waals surface area contributed by atoms with Gasteiger partial charge in [0.1, 0.15) is 4.88 Å². The summed E-state index contributed by atoms with van der Waals surface area (Å²) in [4.78, 5) is 25.2. The summed E-state index contributed by atoms with van der Waals surface area (Å²) in [6, 6.07) is 3.94. The molecule has 1 aliphatic carbocycles. The van der Waals surface area contributed by atoms with Gasteiger partial charge in [-0.05, 0) is 70.7 Å². The molecule has 2 N–H and O–H groups in total. The Labute approximate surface area is 159 Å². The molecule has 8 heteroatoms. The van der Waals surface area contributed by atoms with Crippen LogP contribution >= 0.6 is 54.5 Å². The third-order valence-corrected chi connectivity index (χ3v) is 7.32. The molecule has 1 amide bonds.